The minimum Gasteiger partial charge on any atom is -0.619 e. The lowest BCUT2D eigenvalue weighted by atomic mass is 9.89. The van der Waals surface area contributed by atoms with E-state index >= 15 is 4.39 Å². The Balaban J connectivity index is 2.07. The molecule has 0 radical (unpaired) electrons. The number of ether oxygens (including phenoxy) is 1. The van der Waals surface area contributed by atoms with Gasteiger partial charge in [-0.25, -0.2) is 8.78 Å². The number of aromatic nitrogens is 1. The van der Waals surface area contributed by atoms with Crippen LogP contribution < -0.4 is 14.4 Å². The molecule has 0 saturated carbocycles. The molecule has 2 aromatic carbocycles. The van der Waals surface area contributed by atoms with Gasteiger partial charge in [0.1, 0.15) is 5.75 Å². The van der Waals surface area contributed by atoms with Crippen molar-refractivity contribution < 1.29 is 63.0 Å². The maximum Gasteiger partial charge on any atom is 0.435 e. The highest BCUT2D eigenvalue weighted by Gasteiger charge is 2.73. The minimum atomic E-state index is -6.56. The quantitative estimate of drug-likeness (QED) is 0.114. The lowest BCUT2D eigenvalue weighted by Crippen LogP contribution is -2.50. The molecule has 0 aliphatic heterocycles. The van der Waals surface area contributed by atoms with E-state index in [1.807, 2.05) is 0 Å². The molecular weight excluding hydrogens is 606 g/mol. The summed E-state index contributed by atoms with van der Waals surface area (Å²) in [5.74, 6) is -4.59. The molecule has 0 fully saturated rings. The maximum atomic E-state index is 15.6. The van der Waals surface area contributed by atoms with Crippen LogP contribution in [-0.2, 0) is 12.1 Å². The fourth-order valence-electron chi connectivity index (χ4n) is 4.23. The largest absolute Gasteiger partial charge is 0.619 e. The fraction of sp³-hybridized carbons (Fsp3) is 0.296. The monoisotopic (exact) mass is 626 g/mol. The number of pyridine rings is 1. The van der Waals surface area contributed by atoms with Crippen molar-refractivity contribution in [2.24, 2.45) is 0 Å². The summed E-state index contributed by atoms with van der Waals surface area (Å²) in [5, 5.41) is 11.3. The van der Waals surface area contributed by atoms with Crippen LogP contribution in [0.1, 0.15) is 44.3 Å². The number of rotatable bonds is 9. The molecule has 0 bridgehead atoms. The molecule has 6 nitrogen and oxygen atoms in total. The number of Topliss-reactive ketones (excluding diaryl/α,β-unsaturated/α-hetero) is 1. The number of carbonyl (C=O) groups is 2. The average molecular weight is 626 g/mol. The highest BCUT2D eigenvalue weighted by molar-refractivity contribution is 6.07. The Hall–Kier alpha value is -4.37. The molecule has 1 heterocycles. The Labute approximate surface area is 236 Å². The first-order valence-corrected chi connectivity index (χ1v) is 12.1. The van der Waals surface area contributed by atoms with Gasteiger partial charge in [-0.1, -0.05) is 12.1 Å². The summed E-state index contributed by atoms with van der Waals surface area (Å²) in [7, 11) is 0. The second-order valence-electron chi connectivity index (χ2n) is 9.04. The van der Waals surface area contributed by atoms with Crippen LogP contribution in [0, 0.1) is 17.9 Å². The molecule has 1 aromatic heterocycles. The van der Waals surface area contributed by atoms with Crippen molar-refractivity contribution in [3.8, 4) is 5.75 Å². The molecule has 232 valence electrons. The number of benzene rings is 2. The van der Waals surface area contributed by atoms with Crippen LogP contribution in [0.5, 0.6) is 5.75 Å². The van der Waals surface area contributed by atoms with Gasteiger partial charge in [0.25, 0.3) is 5.91 Å². The second-order valence-corrected chi connectivity index (χ2v) is 9.04. The Kier molecular flexibility index (Phi) is 9.31. The molecule has 0 N–H and O–H groups in total. The molecule has 1 amide bonds. The van der Waals surface area contributed by atoms with E-state index in [1.165, 1.54) is 6.92 Å². The van der Waals surface area contributed by atoms with Crippen LogP contribution in [0.2, 0.25) is 0 Å². The number of carbonyl (C=O) groups excluding carboxylic acids is 2. The number of hydrogen-bond acceptors (Lipinski definition) is 4. The van der Waals surface area contributed by atoms with Gasteiger partial charge in [-0.15, -0.1) is 0 Å². The summed E-state index contributed by atoms with van der Waals surface area (Å²) in [6, 6.07) is 5.40. The molecule has 0 aliphatic rings. The number of halogens is 10. The van der Waals surface area contributed by atoms with E-state index in [-0.39, 0.29) is 24.2 Å². The molecule has 0 unspecified atom stereocenters. The lowest BCUT2D eigenvalue weighted by Gasteiger charge is -2.31. The Morgan fingerprint density at radius 2 is 1.56 bits per heavy atom. The van der Waals surface area contributed by atoms with Crippen molar-refractivity contribution >= 4 is 17.4 Å². The summed E-state index contributed by atoms with van der Waals surface area (Å²) in [6.45, 7) is -1.65. The maximum absolute atomic E-state index is 15.6. The highest BCUT2D eigenvalue weighted by atomic mass is 19.4. The minimum absolute atomic E-state index is 0.0174. The van der Waals surface area contributed by atoms with Gasteiger partial charge in [0.15, 0.2) is 24.0 Å². The van der Waals surface area contributed by atoms with Crippen LogP contribution in [0.25, 0.3) is 0 Å². The average Bonchev–Trinajstić information content (AvgIpc) is 2.89. The predicted octanol–water partition coefficient (Wildman–Crippen LogP) is 6.75. The summed E-state index contributed by atoms with van der Waals surface area (Å²) >= 11 is 0. The van der Waals surface area contributed by atoms with Crippen molar-refractivity contribution in [3.63, 3.8) is 0 Å². The predicted molar refractivity (Wildman–Crippen MR) is 130 cm³/mol. The van der Waals surface area contributed by atoms with E-state index in [1.54, 1.807) is 0 Å². The van der Waals surface area contributed by atoms with Gasteiger partial charge in [-0.05, 0) is 37.6 Å². The Morgan fingerprint density at radius 3 is 2.07 bits per heavy atom. The van der Waals surface area contributed by atoms with Crippen LogP contribution in [-0.4, -0.2) is 37.2 Å². The number of ketones is 1. The topological polar surface area (TPSA) is 73.5 Å². The van der Waals surface area contributed by atoms with Gasteiger partial charge in [-0.2, -0.15) is 39.9 Å². The normalized spacial score (nSPS) is 12.4. The zero-order valence-corrected chi connectivity index (χ0v) is 22.0. The SMILES string of the molecule is CCN(C(=O)c1cc[n+]([O-])cc1)c1cccc(C(=O)Cc2c(C)cc(C(F)(C(F)(F)F)C(F)(F)F)cc2OC(F)F)c1F. The fourth-order valence-corrected chi connectivity index (χ4v) is 4.23. The van der Waals surface area contributed by atoms with Crippen LogP contribution in [0.3, 0.4) is 0 Å². The smallest absolute Gasteiger partial charge is 0.435 e. The van der Waals surface area contributed by atoms with E-state index in [9.17, 15) is 54.3 Å². The van der Waals surface area contributed by atoms with Gasteiger partial charge in [0.05, 0.1) is 16.8 Å². The Morgan fingerprint density at radius 1 is 0.977 bits per heavy atom. The molecule has 0 atom stereocenters. The summed E-state index contributed by atoms with van der Waals surface area (Å²) in [5.41, 5.74) is -10.6. The van der Waals surface area contributed by atoms with Crippen molar-refractivity contribution in [1.82, 2.24) is 0 Å². The van der Waals surface area contributed by atoms with E-state index in [2.05, 4.69) is 4.74 Å². The van der Waals surface area contributed by atoms with Gasteiger partial charge >= 0.3 is 24.6 Å². The highest BCUT2D eigenvalue weighted by Crippen LogP contribution is 2.54. The van der Waals surface area contributed by atoms with Gasteiger partial charge in [0, 0.05) is 36.2 Å². The number of anilines is 1. The van der Waals surface area contributed by atoms with E-state index < -0.39 is 82.3 Å². The van der Waals surface area contributed by atoms with Gasteiger partial charge < -0.3 is 14.8 Å². The first-order chi connectivity index (χ1) is 19.8. The molecular formula is C27H20F10N2O4. The Bertz CT molecular complexity index is 1490. The molecule has 3 aromatic rings. The van der Waals surface area contributed by atoms with Crippen LogP contribution >= 0.6 is 0 Å². The molecule has 43 heavy (non-hydrogen) atoms. The van der Waals surface area contributed by atoms with Crippen LogP contribution in [0.4, 0.5) is 49.6 Å². The van der Waals surface area contributed by atoms with E-state index in [0.29, 0.717) is 4.73 Å². The van der Waals surface area contributed by atoms with Crippen molar-refractivity contribution in [2.45, 2.75) is 44.9 Å². The molecule has 16 heteroatoms. The zero-order chi connectivity index (χ0) is 32.5. The first-order valence-electron chi connectivity index (χ1n) is 12.1. The molecule has 0 saturated heterocycles. The molecule has 0 aliphatic carbocycles. The van der Waals surface area contributed by atoms with Crippen LogP contribution in [0.15, 0.2) is 54.9 Å². The summed E-state index contributed by atoms with van der Waals surface area (Å²) in [6.07, 6.45) is -12.2. The standard InChI is InChI=1S/C27H20F10N2O4/c1-3-39(23(41)15-7-9-38(42)10-8-15)19-6-4-5-17(22(19)28)20(40)13-18-14(2)11-16(12-21(18)43-24(29)30)25(31,26(32,33)34)27(35,36)37/h4-12,24H,3,13H2,1-2H3. The number of hydrogen-bond donors (Lipinski definition) is 0. The van der Waals surface area contributed by atoms with E-state index in [0.717, 1.165) is 54.5 Å². The number of aryl methyl sites for hydroxylation is 1. The first kappa shape index (κ1) is 33.1. The second kappa shape index (κ2) is 12.1. The number of nitrogens with zero attached hydrogens (tertiary/aromatic N) is 2. The third-order valence-corrected chi connectivity index (χ3v) is 6.34. The van der Waals surface area contributed by atoms with Crippen molar-refractivity contribution in [2.75, 3.05) is 11.4 Å². The van der Waals surface area contributed by atoms with Crippen molar-refractivity contribution in [3.05, 3.63) is 93.7 Å². The lowest BCUT2D eigenvalue weighted by molar-refractivity contribution is -0.605. The third-order valence-electron chi connectivity index (χ3n) is 6.34. The zero-order valence-electron chi connectivity index (χ0n) is 22.0. The third kappa shape index (κ3) is 6.51. The van der Waals surface area contributed by atoms with Crippen molar-refractivity contribution in [1.29, 1.82) is 0 Å². The molecule has 3 rings (SSSR count). The summed E-state index contributed by atoms with van der Waals surface area (Å²) in [4.78, 5) is 27.0. The van der Waals surface area contributed by atoms with Gasteiger partial charge in [-0.3, -0.25) is 9.59 Å². The number of alkyl halides is 9. The number of amides is 1. The van der Waals surface area contributed by atoms with E-state index in [4.69, 9.17) is 0 Å². The summed E-state index contributed by atoms with van der Waals surface area (Å²) < 4.78 is 141. The molecule has 0 spiro atoms. The van der Waals surface area contributed by atoms with Gasteiger partial charge in [0.2, 0.25) is 0 Å².